The number of hydrogen-bond acceptors (Lipinski definition) is 4. The van der Waals surface area contributed by atoms with E-state index in [1.54, 1.807) is 0 Å². The van der Waals surface area contributed by atoms with Gasteiger partial charge in [-0.3, -0.25) is 0 Å². The van der Waals surface area contributed by atoms with Gasteiger partial charge in [-0.25, -0.2) is 0 Å². The molecule has 0 amide bonds. The van der Waals surface area contributed by atoms with Crippen LogP contribution in [0.5, 0.6) is 0 Å². The smallest absolute Gasteiger partial charge is 0.0127 e. The Labute approximate surface area is 67.9 Å². The molecule has 7 heteroatoms. The highest BCUT2D eigenvalue weighted by molar-refractivity contribution is 9.25. The lowest BCUT2D eigenvalue weighted by molar-refractivity contribution is 5.54. The second-order valence-corrected chi connectivity index (χ2v) is 18.1. The fraction of sp³-hybridized carbons (Fsp3) is 0. The fourth-order valence-corrected chi connectivity index (χ4v) is 0. The van der Waals surface area contributed by atoms with Crippen molar-refractivity contribution in [2.75, 3.05) is 0 Å². The maximum atomic E-state index is 4.69. The minimum absolute atomic E-state index is 0.998. The van der Waals surface area contributed by atoms with Gasteiger partial charge in [0.05, 0.1) is 0 Å². The van der Waals surface area contributed by atoms with E-state index in [2.05, 4.69) is 34.0 Å². The highest BCUT2D eigenvalue weighted by atomic mass is 33.9. The summed E-state index contributed by atoms with van der Waals surface area (Å²) >= 11 is 22.6. The number of rotatable bonds is 1. The molecule has 0 bridgehead atoms. The number of hydrogen-bond donors (Lipinski definition) is 2. The molecule has 0 saturated heterocycles. The van der Waals surface area contributed by atoms with Crippen LogP contribution in [0.15, 0.2) is 0 Å². The first-order chi connectivity index (χ1) is 2.94. The van der Waals surface area contributed by atoms with Gasteiger partial charge in [0.2, 0.25) is 0 Å². The van der Waals surface area contributed by atoms with Crippen molar-refractivity contribution in [3.05, 3.63) is 0 Å². The summed E-state index contributed by atoms with van der Waals surface area (Å²) in [5.41, 5.74) is 0. The third-order valence-electron chi connectivity index (χ3n) is 0.188. The predicted molar refractivity (Wildman–Crippen MR) is 54.6 cm³/mol. The Morgan fingerprint density at radius 3 is 1.43 bits per heavy atom. The van der Waals surface area contributed by atoms with Crippen molar-refractivity contribution in [3.63, 3.8) is 0 Å². The summed E-state index contributed by atoms with van der Waals surface area (Å²) in [6.45, 7) is 0. The zero-order valence-electron chi connectivity index (χ0n) is 2.94. The van der Waals surface area contributed by atoms with Crippen LogP contribution in [0.1, 0.15) is 0 Å². The lowest BCUT2D eigenvalue weighted by Crippen LogP contribution is -1.79. The van der Waals surface area contributed by atoms with E-state index in [0.717, 1.165) is 0 Å². The van der Waals surface area contributed by atoms with E-state index in [0.29, 0.717) is 0 Å². The van der Waals surface area contributed by atoms with Crippen LogP contribution in [0.2, 0.25) is 0 Å². The SMILES string of the molecule is S=[SH](=S)S(=S)(=S)S. The molecule has 0 heterocycles. The molecule has 0 fully saturated rings. The Kier molecular flexibility index (Phi) is 4.07. The van der Waals surface area contributed by atoms with Crippen molar-refractivity contribution in [3.8, 4) is 0 Å². The van der Waals surface area contributed by atoms with Crippen LogP contribution in [0.3, 0.4) is 0 Å². The van der Waals surface area contributed by atoms with Crippen LogP contribution < -0.4 is 0 Å². The van der Waals surface area contributed by atoms with Gasteiger partial charge in [-0.2, -0.15) is 0 Å². The fourth-order valence-electron chi connectivity index (χ4n) is 0. The molecule has 0 N–H and O–H groups in total. The van der Waals surface area contributed by atoms with Crippen LogP contribution in [-0.2, 0) is 57.0 Å². The van der Waals surface area contributed by atoms with Gasteiger partial charge >= 0.3 is 0 Å². The van der Waals surface area contributed by atoms with Crippen molar-refractivity contribution in [2.45, 2.75) is 0 Å². The van der Waals surface area contributed by atoms with E-state index in [4.69, 9.17) is 22.4 Å². The Balaban J connectivity index is 4.82. The molecule has 0 rings (SSSR count). The Morgan fingerprint density at radius 1 is 1.29 bits per heavy atom. The molecule has 0 aromatic carbocycles. The topological polar surface area (TPSA) is 0 Å². The third kappa shape index (κ3) is 4.43. The molecule has 0 aliphatic heterocycles. The van der Waals surface area contributed by atoms with Gasteiger partial charge in [-0.1, -0.05) is 11.7 Å². The Hall–Kier alpha value is 1.93. The molecule has 0 radical (unpaired) electrons. The van der Waals surface area contributed by atoms with Crippen molar-refractivity contribution >= 4 is 68.7 Å². The zero-order valence-corrected chi connectivity index (χ0v) is 8.81. The monoisotopic (exact) mass is 226 g/mol. The molecule has 0 saturated carbocycles. The first kappa shape index (κ1) is 8.93. The van der Waals surface area contributed by atoms with Crippen LogP contribution in [-0.4, -0.2) is 0 Å². The maximum absolute atomic E-state index is 4.69. The van der Waals surface area contributed by atoms with E-state index in [1.807, 2.05) is 0 Å². The predicted octanol–water partition coefficient (Wildman–Crippen LogP) is 0.0984. The summed E-state index contributed by atoms with van der Waals surface area (Å²) in [6.07, 6.45) is 0. The van der Waals surface area contributed by atoms with Crippen molar-refractivity contribution in [2.24, 2.45) is 0 Å². The van der Waals surface area contributed by atoms with E-state index in [1.165, 1.54) is 0 Å². The van der Waals surface area contributed by atoms with Crippen molar-refractivity contribution in [1.29, 1.82) is 0 Å². The molecule has 0 aliphatic carbocycles. The minimum Gasteiger partial charge on any atom is -0.0927 e. The minimum atomic E-state index is -1.69. The molecule has 0 unspecified atom stereocenters. The first-order valence-corrected chi connectivity index (χ1v) is 9.57. The molecular formula is H2S7. The Morgan fingerprint density at radius 2 is 1.43 bits per heavy atom. The van der Waals surface area contributed by atoms with Gasteiger partial charge < -0.3 is 0 Å². The van der Waals surface area contributed by atoms with Gasteiger partial charge in [0.25, 0.3) is 0 Å². The van der Waals surface area contributed by atoms with Gasteiger partial charge in [0, 0.05) is 5.21 Å². The largest absolute Gasteiger partial charge is 0.0927 e. The highest BCUT2D eigenvalue weighted by Gasteiger charge is 1.83. The summed E-state index contributed by atoms with van der Waals surface area (Å²) in [5.74, 6) is 0. The van der Waals surface area contributed by atoms with E-state index in [-0.39, 0.29) is 0 Å². The lowest BCUT2D eigenvalue weighted by atomic mass is 30.2. The summed E-state index contributed by atoms with van der Waals surface area (Å²) in [7, 11) is -0.998. The van der Waals surface area contributed by atoms with E-state index < -0.39 is 12.3 Å². The van der Waals surface area contributed by atoms with Crippen molar-refractivity contribution < 1.29 is 0 Å². The maximum Gasteiger partial charge on any atom is 0.0127 e. The summed E-state index contributed by atoms with van der Waals surface area (Å²) in [5, 5.41) is -1.69. The summed E-state index contributed by atoms with van der Waals surface area (Å²) in [4.78, 5) is 0. The summed E-state index contributed by atoms with van der Waals surface area (Å²) in [6, 6.07) is 0. The quantitative estimate of drug-likeness (QED) is 0.480. The van der Waals surface area contributed by atoms with E-state index in [9.17, 15) is 0 Å². The molecule has 0 atom stereocenters. The lowest BCUT2D eigenvalue weighted by Gasteiger charge is -1.87. The van der Waals surface area contributed by atoms with Crippen LogP contribution in [0.25, 0.3) is 0 Å². The summed E-state index contributed by atoms with van der Waals surface area (Å²) < 4.78 is 0. The molecule has 0 aromatic heterocycles. The molecule has 44 valence electrons. The molecule has 7 heavy (non-hydrogen) atoms. The second kappa shape index (κ2) is 3.19. The molecule has 0 nitrogen and oxygen atoms in total. The molecule has 0 aromatic rings. The molecule has 0 aliphatic rings. The van der Waals surface area contributed by atoms with Gasteiger partial charge in [-0.15, -0.1) is 0 Å². The average Bonchev–Trinajstić information content (AvgIpc) is 1.31. The van der Waals surface area contributed by atoms with Crippen LogP contribution in [0, 0.1) is 0 Å². The first-order valence-electron chi connectivity index (χ1n) is 1.06. The second-order valence-electron chi connectivity index (χ2n) is 0.671. The average molecular weight is 226 g/mol. The Bertz CT molecular complexity index is 188. The van der Waals surface area contributed by atoms with Crippen molar-refractivity contribution in [1.82, 2.24) is 0 Å². The highest BCUT2D eigenvalue weighted by Crippen LogP contribution is 1.96. The van der Waals surface area contributed by atoms with E-state index >= 15 is 0 Å². The third-order valence-corrected chi connectivity index (χ3v) is 15.3. The van der Waals surface area contributed by atoms with Gasteiger partial charge in [0.1, 0.15) is 0 Å². The molecule has 0 spiro atoms. The van der Waals surface area contributed by atoms with Gasteiger partial charge in [0.15, 0.2) is 0 Å². The molecular weight excluding hydrogens is 224 g/mol. The number of thiol groups is 2. The van der Waals surface area contributed by atoms with Gasteiger partial charge in [-0.05, 0) is 51.8 Å². The standard InChI is InChI=1S/H2S7/c1-6(2)7(3,4)5/h6H,(H,3,4,5). The van der Waals surface area contributed by atoms with Crippen LogP contribution in [0.4, 0.5) is 0 Å². The normalized spacial score (nSPS) is 12.3. The zero-order chi connectivity index (χ0) is 6.08. The van der Waals surface area contributed by atoms with Crippen LogP contribution >= 0.6 is 11.7 Å².